The summed E-state index contributed by atoms with van der Waals surface area (Å²) in [5.74, 6) is 0.362. The van der Waals surface area contributed by atoms with Gasteiger partial charge in [-0.1, -0.05) is 12.1 Å². The number of fused-ring (bicyclic) bond motifs is 1. The molecular weight excluding hydrogens is 393 g/mol. The number of halogens is 1. The minimum atomic E-state index is -0.257. The zero-order chi connectivity index (χ0) is 21.4. The van der Waals surface area contributed by atoms with Gasteiger partial charge in [0.05, 0.1) is 12.4 Å². The lowest BCUT2D eigenvalue weighted by Crippen LogP contribution is -2.42. The number of carbonyl (C=O) groups is 1. The first-order valence-corrected chi connectivity index (χ1v) is 10.5. The fourth-order valence-corrected chi connectivity index (χ4v) is 4.27. The van der Waals surface area contributed by atoms with Gasteiger partial charge < -0.3 is 15.1 Å². The minimum Gasteiger partial charge on any atom is -0.464 e. The van der Waals surface area contributed by atoms with E-state index in [1.807, 2.05) is 43.5 Å². The number of furan rings is 1. The monoisotopic (exact) mass is 417 g/mol. The minimum absolute atomic E-state index is 0.0675. The Morgan fingerprint density at radius 2 is 2.13 bits per heavy atom. The standard InChI is InChI=1S/C25H24FN3O2/c1-29-9-3-6-24(29)28-25(30)17-5-2-4-16(10-17)19-12-21(31-15-19)11-18-14-27-23-8-7-20(26)13-22(18)23/h2,4-5,7-8,10-13,15,24,27H,3,6,9,14H2,1H3,(H,28,30). The lowest BCUT2D eigenvalue weighted by atomic mass is 10.0. The van der Waals surface area contributed by atoms with Gasteiger partial charge in [0.2, 0.25) is 0 Å². The number of hydrogen-bond acceptors (Lipinski definition) is 4. The normalized spacial score (nSPS) is 19.4. The topological polar surface area (TPSA) is 57.5 Å². The molecule has 1 fully saturated rings. The molecule has 5 nitrogen and oxygen atoms in total. The predicted octanol–water partition coefficient (Wildman–Crippen LogP) is 4.83. The van der Waals surface area contributed by atoms with Crippen molar-refractivity contribution in [3.63, 3.8) is 0 Å². The molecule has 2 aromatic carbocycles. The SMILES string of the molecule is CN1CCCC1NC(=O)c1cccc(-c2coc(C=C3CNc4ccc(F)cc43)c2)c1. The Kier molecular flexibility index (Phi) is 5.08. The molecule has 158 valence electrons. The van der Waals surface area contributed by atoms with Crippen molar-refractivity contribution in [1.29, 1.82) is 0 Å². The van der Waals surface area contributed by atoms with E-state index in [1.54, 1.807) is 12.3 Å². The quantitative estimate of drug-likeness (QED) is 0.638. The second kappa shape index (κ2) is 8.04. The van der Waals surface area contributed by atoms with Crippen molar-refractivity contribution in [2.24, 2.45) is 0 Å². The van der Waals surface area contributed by atoms with E-state index in [0.717, 1.165) is 47.3 Å². The Morgan fingerprint density at radius 3 is 2.97 bits per heavy atom. The summed E-state index contributed by atoms with van der Waals surface area (Å²) in [6.45, 7) is 1.63. The van der Waals surface area contributed by atoms with Crippen LogP contribution in [0, 0.1) is 5.82 Å². The van der Waals surface area contributed by atoms with Crippen LogP contribution in [0.1, 0.15) is 34.5 Å². The van der Waals surface area contributed by atoms with E-state index in [9.17, 15) is 9.18 Å². The average Bonchev–Trinajstić information content (AvgIpc) is 3.50. The summed E-state index contributed by atoms with van der Waals surface area (Å²) in [4.78, 5) is 14.9. The zero-order valence-electron chi connectivity index (χ0n) is 17.3. The summed E-state index contributed by atoms with van der Waals surface area (Å²) in [5.41, 5.74) is 5.19. The highest BCUT2D eigenvalue weighted by molar-refractivity contribution is 5.96. The highest BCUT2D eigenvalue weighted by Gasteiger charge is 2.23. The fraction of sp³-hybridized carbons (Fsp3) is 0.240. The van der Waals surface area contributed by atoms with Gasteiger partial charge in [0.25, 0.3) is 5.91 Å². The summed E-state index contributed by atoms with van der Waals surface area (Å²) in [7, 11) is 2.03. The summed E-state index contributed by atoms with van der Waals surface area (Å²) in [5, 5.41) is 6.37. The molecule has 1 saturated heterocycles. The van der Waals surface area contributed by atoms with E-state index in [0.29, 0.717) is 17.9 Å². The van der Waals surface area contributed by atoms with Crippen LogP contribution in [0.2, 0.25) is 0 Å². The van der Waals surface area contributed by atoms with Gasteiger partial charge in [-0.05, 0) is 80.0 Å². The molecule has 0 spiro atoms. The maximum atomic E-state index is 13.6. The van der Waals surface area contributed by atoms with Crippen molar-refractivity contribution >= 4 is 23.2 Å². The van der Waals surface area contributed by atoms with Crippen LogP contribution in [0.4, 0.5) is 10.1 Å². The Balaban J connectivity index is 1.35. The smallest absolute Gasteiger partial charge is 0.252 e. The second-order valence-corrected chi connectivity index (χ2v) is 8.14. The summed E-state index contributed by atoms with van der Waals surface area (Å²) >= 11 is 0. The number of nitrogens with one attached hydrogen (secondary N) is 2. The van der Waals surface area contributed by atoms with E-state index in [4.69, 9.17) is 4.42 Å². The Labute approximate surface area is 180 Å². The van der Waals surface area contributed by atoms with Crippen molar-refractivity contribution in [2.45, 2.75) is 19.0 Å². The average molecular weight is 417 g/mol. The first kappa shape index (κ1) is 19.6. The molecule has 2 aliphatic heterocycles. The van der Waals surface area contributed by atoms with Crippen LogP contribution in [0.3, 0.4) is 0 Å². The van der Waals surface area contributed by atoms with Crippen LogP contribution < -0.4 is 10.6 Å². The van der Waals surface area contributed by atoms with Gasteiger partial charge >= 0.3 is 0 Å². The van der Waals surface area contributed by atoms with E-state index >= 15 is 0 Å². The highest BCUT2D eigenvalue weighted by atomic mass is 19.1. The molecule has 1 atom stereocenters. The van der Waals surface area contributed by atoms with E-state index in [-0.39, 0.29) is 17.9 Å². The summed E-state index contributed by atoms with van der Waals surface area (Å²) < 4.78 is 19.4. The van der Waals surface area contributed by atoms with Crippen LogP contribution in [0.15, 0.2) is 59.2 Å². The molecule has 2 N–H and O–H groups in total. The molecule has 31 heavy (non-hydrogen) atoms. The van der Waals surface area contributed by atoms with E-state index < -0.39 is 0 Å². The van der Waals surface area contributed by atoms with Crippen molar-refractivity contribution in [1.82, 2.24) is 10.2 Å². The van der Waals surface area contributed by atoms with Crippen molar-refractivity contribution in [3.8, 4) is 11.1 Å². The summed E-state index contributed by atoms with van der Waals surface area (Å²) in [6.07, 6.45) is 5.78. The lowest BCUT2D eigenvalue weighted by molar-refractivity contribution is 0.0900. The molecular formula is C25H24FN3O2. The molecule has 2 aliphatic rings. The second-order valence-electron chi connectivity index (χ2n) is 8.14. The molecule has 0 saturated carbocycles. The maximum absolute atomic E-state index is 13.6. The molecule has 0 radical (unpaired) electrons. The molecule has 0 bridgehead atoms. The van der Waals surface area contributed by atoms with Gasteiger partial charge in [-0.2, -0.15) is 0 Å². The number of nitrogens with zero attached hydrogens (tertiary/aromatic N) is 1. The number of anilines is 1. The van der Waals surface area contributed by atoms with Gasteiger partial charge in [0.15, 0.2) is 0 Å². The molecule has 3 aromatic rings. The molecule has 0 aliphatic carbocycles. The third kappa shape index (κ3) is 3.99. The van der Waals surface area contributed by atoms with Gasteiger partial charge in [0, 0.05) is 28.9 Å². The number of amides is 1. The fourth-order valence-electron chi connectivity index (χ4n) is 4.27. The Hall–Kier alpha value is -3.38. The Bertz CT molecular complexity index is 1170. The molecule has 5 rings (SSSR count). The molecule has 1 amide bonds. The number of rotatable bonds is 4. The number of carbonyl (C=O) groups excluding carboxylic acids is 1. The number of benzene rings is 2. The van der Waals surface area contributed by atoms with Gasteiger partial charge in [-0.15, -0.1) is 0 Å². The first-order chi connectivity index (χ1) is 15.1. The van der Waals surface area contributed by atoms with Crippen molar-refractivity contribution in [2.75, 3.05) is 25.5 Å². The molecule has 1 unspecified atom stereocenters. The molecule has 1 aromatic heterocycles. The highest BCUT2D eigenvalue weighted by Crippen LogP contribution is 2.33. The van der Waals surface area contributed by atoms with Gasteiger partial charge in [-0.25, -0.2) is 4.39 Å². The van der Waals surface area contributed by atoms with Gasteiger partial charge in [-0.3, -0.25) is 9.69 Å². The van der Waals surface area contributed by atoms with Crippen LogP contribution in [0.25, 0.3) is 22.8 Å². The third-order valence-electron chi connectivity index (χ3n) is 6.01. The van der Waals surface area contributed by atoms with Crippen LogP contribution in [0.5, 0.6) is 0 Å². The van der Waals surface area contributed by atoms with Crippen LogP contribution in [-0.4, -0.2) is 37.1 Å². The van der Waals surface area contributed by atoms with E-state index in [2.05, 4.69) is 15.5 Å². The van der Waals surface area contributed by atoms with E-state index in [1.165, 1.54) is 12.1 Å². The van der Waals surface area contributed by atoms with Crippen molar-refractivity contribution in [3.05, 3.63) is 77.5 Å². The number of likely N-dealkylation sites (tertiary alicyclic amines) is 1. The van der Waals surface area contributed by atoms with Crippen molar-refractivity contribution < 1.29 is 13.6 Å². The van der Waals surface area contributed by atoms with Gasteiger partial charge in [0.1, 0.15) is 11.6 Å². The third-order valence-corrected chi connectivity index (χ3v) is 6.01. The lowest BCUT2D eigenvalue weighted by Gasteiger charge is -2.20. The largest absolute Gasteiger partial charge is 0.464 e. The molecule has 6 heteroatoms. The van der Waals surface area contributed by atoms with Crippen LogP contribution in [-0.2, 0) is 0 Å². The first-order valence-electron chi connectivity index (χ1n) is 10.5. The maximum Gasteiger partial charge on any atom is 0.252 e. The predicted molar refractivity (Wildman–Crippen MR) is 120 cm³/mol. The molecule has 3 heterocycles. The summed E-state index contributed by atoms with van der Waals surface area (Å²) in [6, 6.07) is 14.2. The Morgan fingerprint density at radius 1 is 1.23 bits per heavy atom. The van der Waals surface area contributed by atoms with Crippen LogP contribution >= 0.6 is 0 Å². The number of hydrogen-bond donors (Lipinski definition) is 2. The zero-order valence-corrected chi connectivity index (χ0v) is 17.3.